The second-order valence-electron chi connectivity index (χ2n) is 7.08. The summed E-state index contributed by atoms with van der Waals surface area (Å²) in [6.07, 6.45) is 3.17. The molecule has 2 N–H and O–H groups in total. The fourth-order valence-corrected chi connectivity index (χ4v) is 4.75. The van der Waals surface area contributed by atoms with Crippen LogP contribution in [-0.2, 0) is 14.8 Å². The summed E-state index contributed by atoms with van der Waals surface area (Å²) in [4.78, 5) is 20.0. The van der Waals surface area contributed by atoms with Crippen molar-refractivity contribution in [3.8, 4) is 11.3 Å². The van der Waals surface area contributed by atoms with E-state index >= 15 is 0 Å². The van der Waals surface area contributed by atoms with Gasteiger partial charge >= 0.3 is 0 Å². The monoisotopic (exact) mass is 500 g/mol. The number of aromatic nitrogens is 2. The van der Waals surface area contributed by atoms with Gasteiger partial charge in [-0.05, 0) is 29.7 Å². The number of fused-ring (bicyclic) bond motifs is 1. The standard InChI is InChI=1S/C23H18Cl2N4O3S/c1-2-22(30)28-21-12-19(25)20(13-27-21)29-33(31,32)15-7-8-18(24)17(11-15)23-16-6-4-3-5-14(16)9-10-26-23/h3-13,29H,2H2,1H3,(H,27,28,30). The van der Waals surface area contributed by atoms with E-state index in [9.17, 15) is 13.2 Å². The summed E-state index contributed by atoms with van der Waals surface area (Å²) in [6.45, 7) is 1.70. The maximum absolute atomic E-state index is 13.1. The SMILES string of the molecule is CCC(=O)Nc1cc(Cl)c(NS(=O)(=O)c2ccc(Cl)c(-c3nccc4ccccc34)c2)cn1. The Morgan fingerprint density at radius 1 is 1.00 bits per heavy atom. The Morgan fingerprint density at radius 2 is 1.79 bits per heavy atom. The highest BCUT2D eigenvalue weighted by Crippen LogP contribution is 2.34. The molecule has 0 fully saturated rings. The number of anilines is 2. The molecule has 7 nitrogen and oxygen atoms in total. The lowest BCUT2D eigenvalue weighted by Crippen LogP contribution is -2.15. The zero-order valence-electron chi connectivity index (χ0n) is 17.3. The second kappa shape index (κ2) is 9.35. The fraction of sp³-hybridized carbons (Fsp3) is 0.0870. The van der Waals surface area contributed by atoms with Crippen molar-refractivity contribution in [3.63, 3.8) is 0 Å². The summed E-state index contributed by atoms with van der Waals surface area (Å²) in [5.74, 6) is -0.00626. The minimum atomic E-state index is -4.03. The molecule has 0 radical (unpaired) electrons. The van der Waals surface area contributed by atoms with Crippen LogP contribution in [0.2, 0.25) is 10.0 Å². The zero-order chi connectivity index (χ0) is 23.6. The van der Waals surface area contributed by atoms with Crippen LogP contribution in [0.4, 0.5) is 11.5 Å². The minimum Gasteiger partial charge on any atom is -0.311 e. The Hall–Kier alpha value is -3.20. The number of hydrogen-bond donors (Lipinski definition) is 2. The number of halogens is 2. The zero-order valence-corrected chi connectivity index (χ0v) is 19.7. The van der Waals surface area contributed by atoms with Gasteiger partial charge in [-0.15, -0.1) is 0 Å². The van der Waals surface area contributed by atoms with E-state index in [-0.39, 0.29) is 33.8 Å². The van der Waals surface area contributed by atoms with Gasteiger partial charge in [0.1, 0.15) is 5.82 Å². The smallest absolute Gasteiger partial charge is 0.262 e. The van der Waals surface area contributed by atoms with Gasteiger partial charge in [0.25, 0.3) is 10.0 Å². The first kappa shape index (κ1) is 23.0. The average Bonchev–Trinajstić information content (AvgIpc) is 2.80. The Kier molecular flexibility index (Phi) is 6.51. The van der Waals surface area contributed by atoms with E-state index in [0.29, 0.717) is 16.3 Å². The molecular formula is C23H18Cl2N4O3S. The molecule has 0 bridgehead atoms. The molecule has 0 spiro atoms. The number of benzene rings is 2. The van der Waals surface area contributed by atoms with Crippen LogP contribution < -0.4 is 10.0 Å². The molecule has 10 heteroatoms. The highest BCUT2D eigenvalue weighted by molar-refractivity contribution is 7.92. The summed E-state index contributed by atoms with van der Waals surface area (Å²) in [5.41, 5.74) is 1.13. The van der Waals surface area contributed by atoms with Crippen LogP contribution in [-0.4, -0.2) is 24.3 Å². The Bertz CT molecular complexity index is 1470. The van der Waals surface area contributed by atoms with Gasteiger partial charge in [-0.1, -0.05) is 54.4 Å². The third-order valence-corrected chi connectivity index (χ3v) is 6.87. The first-order chi connectivity index (χ1) is 15.8. The van der Waals surface area contributed by atoms with Gasteiger partial charge in [0.15, 0.2) is 0 Å². The molecule has 0 aliphatic heterocycles. The average molecular weight is 501 g/mol. The molecule has 0 aliphatic rings. The van der Waals surface area contributed by atoms with E-state index in [1.807, 2.05) is 30.3 Å². The van der Waals surface area contributed by atoms with E-state index in [4.69, 9.17) is 23.2 Å². The molecule has 2 aromatic heterocycles. The molecule has 0 unspecified atom stereocenters. The van der Waals surface area contributed by atoms with Gasteiger partial charge in [-0.3, -0.25) is 14.5 Å². The summed E-state index contributed by atoms with van der Waals surface area (Å²) < 4.78 is 28.6. The molecule has 0 saturated carbocycles. The highest BCUT2D eigenvalue weighted by atomic mass is 35.5. The van der Waals surface area contributed by atoms with Crippen LogP contribution in [0, 0.1) is 0 Å². The number of nitrogens with one attached hydrogen (secondary N) is 2. The number of carbonyl (C=O) groups excluding carboxylic acids is 1. The fourth-order valence-electron chi connectivity index (χ4n) is 3.20. The van der Waals surface area contributed by atoms with Crippen LogP contribution in [0.3, 0.4) is 0 Å². The number of sulfonamides is 1. The number of nitrogens with zero attached hydrogens (tertiary/aromatic N) is 2. The van der Waals surface area contributed by atoms with Crippen LogP contribution >= 0.6 is 23.2 Å². The lowest BCUT2D eigenvalue weighted by atomic mass is 10.0. The van der Waals surface area contributed by atoms with Crippen molar-refractivity contribution in [1.82, 2.24) is 9.97 Å². The van der Waals surface area contributed by atoms with Crippen molar-refractivity contribution in [2.45, 2.75) is 18.2 Å². The minimum absolute atomic E-state index is 0.0175. The summed E-state index contributed by atoms with van der Waals surface area (Å²) in [6, 6.07) is 15.3. The van der Waals surface area contributed by atoms with Crippen LogP contribution in [0.15, 0.2) is 71.9 Å². The number of pyridine rings is 2. The Morgan fingerprint density at radius 3 is 2.55 bits per heavy atom. The van der Waals surface area contributed by atoms with Gasteiger partial charge < -0.3 is 5.32 Å². The molecule has 4 rings (SSSR count). The van der Waals surface area contributed by atoms with E-state index in [1.165, 1.54) is 30.5 Å². The molecule has 0 aliphatic carbocycles. The van der Waals surface area contributed by atoms with Gasteiger partial charge in [-0.2, -0.15) is 0 Å². The maximum atomic E-state index is 13.1. The molecule has 0 atom stereocenters. The molecule has 1 amide bonds. The highest BCUT2D eigenvalue weighted by Gasteiger charge is 2.20. The number of amides is 1. The maximum Gasteiger partial charge on any atom is 0.262 e. The molecule has 2 aromatic carbocycles. The molecular weight excluding hydrogens is 483 g/mol. The summed E-state index contributed by atoms with van der Waals surface area (Å²) in [7, 11) is -4.03. The van der Waals surface area contributed by atoms with Crippen molar-refractivity contribution >= 4 is 61.4 Å². The second-order valence-corrected chi connectivity index (χ2v) is 9.58. The van der Waals surface area contributed by atoms with Crippen molar-refractivity contribution in [2.75, 3.05) is 10.0 Å². The quantitative estimate of drug-likeness (QED) is 0.350. The number of rotatable bonds is 6. The van der Waals surface area contributed by atoms with Crippen LogP contribution in [0.25, 0.3) is 22.0 Å². The van der Waals surface area contributed by atoms with E-state index in [1.54, 1.807) is 13.1 Å². The Labute approximate surface area is 200 Å². The lowest BCUT2D eigenvalue weighted by Gasteiger charge is -2.13. The summed E-state index contributed by atoms with van der Waals surface area (Å²) in [5, 5.41) is 4.83. The predicted molar refractivity (Wildman–Crippen MR) is 131 cm³/mol. The topological polar surface area (TPSA) is 101 Å². The van der Waals surface area contributed by atoms with Crippen molar-refractivity contribution in [2.24, 2.45) is 0 Å². The molecule has 33 heavy (non-hydrogen) atoms. The van der Waals surface area contributed by atoms with Crippen LogP contribution in [0.1, 0.15) is 13.3 Å². The van der Waals surface area contributed by atoms with Gasteiger partial charge in [0.05, 0.1) is 32.5 Å². The molecule has 2 heterocycles. The van der Waals surface area contributed by atoms with Gasteiger partial charge in [0.2, 0.25) is 5.91 Å². The molecule has 4 aromatic rings. The van der Waals surface area contributed by atoms with Crippen molar-refractivity contribution < 1.29 is 13.2 Å². The third kappa shape index (κ3) is 4.93. The predicted octanol–water partition coefficient (Wildman–Crippen LogP) is 5.75. The van der Waals surface area contributed by atoms with Gasteiger partial charge in [-0.25, -0.2) is 13.4 Å². The van der Waals surface area contributed by atoms with E-state index in [2.05, 4.69) is 20.0 Å². The third-order valence-electron chi connectivity index (χ3n) is 4.86. The van der Waals surface area contributed by atoms with Crippen molar-refractivity contribution in [3.05, 3.63) is 77.0 Å². The van der Waals surface area contributed by atoms with Crippen molar-refractivity contribution in [1.29, 1.82) is 0 Å². The summed E-state index contributed by atoms with van der Waals surface area (Å²) >= 11 is 12.6. The normalized spacial score (nSPS) is 11.4. The first-order valence-electron chi connectivity index (χ1n) is 9.90. The molecule has 0 saturated heterocycles. The van der Waals surface area contributed by atoms with Crippen LogP contribution in [0.5, 0.6) is 0 Å². The largest absolute Gasteiger partial charge is 0.311 e. The number of carbonyl (C=O) groups is 1. The van der Waals surface area contributed by atoms with E-state index in [0.717, 1.165) is 10.8 Å². The van der Waals surface area contributed by atoms with E-state index < -0.39 is 10.0 Å². The Balaban J connectivity index is 1.69. The first-order valence-corrected chi connectivity index (χ1v) is 12.1. The lowest BCUT2D eigenvalue weighted by molar-refractivity contribution is -0.115. The number of hydrogen-bond acceptors (Lipinski definition) is 5. The van der Waals surface area contributed by atoms with Gasteiger partial charge in [0, 0.05) is 29.6 Å². The molecule has 168 valence electrons.